The van der Waals surface area contributed by atoms with Crippen molar-refractivity contribution in [3.05, 3.63) is 70.5 Å². The van der Waals surface area contributed by atoms with E-state index < -0.39 is 0 Å². The fourth-order valence-electron chi connectivity index (χ4n) is 3.21. The molecule has 2 aromatic rings. The quantitative estimate of drug-likeness (QED) is 0.650. The van der Waals surface area contributed by atoms with Crippen LogP contribution in [0.1, 0.15) is 37.8 Å². The second-order valence-corrected chi connectivity index (χ2v) is 7.89. The molecule has 0 fully saturated rings. The van der Waals surface area contributed by atoms with Crippen LogP contribution in [0.15, 0.2) is 53.7 Å². The van der Waals surface area contributed by atoms with Crippen LogP contribution >= 0.6 is 11.6 Å². The van der Waals surface area contributed by atoms with E-state index in [1.54, 1.807) is 29.2 Å². The normalized spacial score (nSPS) is 16.0. The highest BCUT2D eigenvalue weighted by Crippen LogP contribution is 2.21. The van der Waals surface area contributed by atoms with Crippen LogP contribution in [0.3, 0.4) is 0 Å². The molecule has 4 nitrogen and oxygen atoms in total. The monoisotopic (exact) mass is 402 g/mol. The Morgan fingerprint density at radius 1 is 1.29 bits per heavy atom. The third kappa shape index (κ3) is 5.32. The van der Waals surface area contributed by atoms with Gasteiger partial charge in [0.15, 0.2) is 6.10 Å². The summed E-state index contributed by atoms with van der Waals surface area (Å²) >= 11 is 6.08. The Morgan fingerprint density at radius 3 is 2.79 bits per heavy atom. The molecular weight excluding hydrogens is 379 g/mol. The van der Waals surface area contributed by atoms with Gasteiger partial charge in [-0.05, 0) is 29.7 Å². The molecule has 1 atom stereocenters. The summed E-state index contributed by atoms with van der Waals surface area (Å²) in [6.07, 6.45) is 0.612. The van der Waals surface area contributed by atoms with Crippen molar-refractivity contribution in [2.75, 3.05) is 6.54 Å². The maximum atomic E-state index is 14.0. The highest BCUT2D eigenvalue weighted by molar-refractivity contribution is 6.30. The van der Waals surface area contributed by atoms with E-state index in [0.717, 1.165) is 5.56 Å². The van der Waals surface area contributed by atoms with E-state index in [1.165, 1.54) is 6.07 Å². The third-order valence-electron chi connectivity index (χ3n) is 4.54. The maximum Gasteiger partial charge on any atom is 0.223 e. The van der Waals surface area contributed by atoms with Crippen molar-refractivity contribution >= 4 is 23.2 Å². The molecule has 0 aliphatic carbocycles. The fourth-order valence-corrected chi connectivity index (χ4v) is 3.43. The van der Waals surface area contributed by atoms with E-state index in [0.29, 0.717) is 42.2 Å². The number of carbonyl (C=O) groups excluding carboxylic acids is 1. The lowest BCUT2D eigenvalue weighted by molar-refractivity contribution is -0.134. The van der Waals surface area contributed by atoms with Gasteiger partial charge in [-0.25, -0.2) is 4.39 Å². The van der Waals surface area contributed by atoms with Gasteiger partial charge in [-0.1, -0.05) is 60.9 Å². The first-order valence-corrected chi connectivity index (χ1v) is 9.80. The van der Waals surface area contributed by atoms with Gasteiger partial charge in [-0.15, -0.1) is 0 Å². The standard InChI is InChI=1S/C22H24ClFN2O2/c1-15(2)10-22(27)26(13-16-6-5-7-17(23)11-16)14-18-12-21(25-28-18)19-8-3-4-9-20(19)24/h3-9,11,15,18H,10,12-14H2,1-2H3/t18-/m0/s1. The van der Waals surface area contributed by atoms with E-state index in [9.17, 15) is 9.18 Å². The van der Waals surface area contributed by atoms with Crippen molar-refractivity contribution in [3.8, 4) is 0 Å². The number of hydrogen-bond donors (Lipinski definition) is 0. The first-order valence-electron chi connectivity index (χ1n) is 9.42. The minimum atomic E-state index is -0.322. The summed E-state index contributed by atoms with van der Waals surface area (Å²) < 4.78 is 14.0. The molecule has 1 heterocycles. The molecule has 148 valence electrons. The van der Waals surface area contributed by atoms with Crippen molar-refractivity contribution in [2.24, 2.45) is 11.1 Å². The predicted octanol–water partition coefficient (Wildman–Crippen LogP) is 5.05. The summed E-state index contributed by atoms with van der Waals surface area (Å²) in [6.45, 7) is 4.86. The van der Waals surface area contributed by atoms with Gasteiger partial charge < -0.3 is 9.74 Å². The lowest BCUT2D eigenvalue weighted by atomic mass is 10.0. The number of benzene rings is 2. The third-order valence-corrected chi connectivity index (χ3v) is 4.77. The smallest absolute Gasteiger partial charge is 0.223 e. The van der Waals surface area contributed by atoms with Gasteiger partial charge in [-0.3, -0.25) is 4.79 Å². The summed E-state index contributed by atoms with van der Waals surface area (Å²) in [6, 6.07) is 14.0. The second-order valence-electron chi connectivity index (χ2n) is 7.45. The summed E-state index contributed by atoms with van der Waals surface area (Å²) in [5.74, 6) is -0.0147. The Morgan fingerprint density at radius 2 is 2.07 bits per heavy atom. The molecule has 0 radical (unpaired) electrons. The SMILES string of the molecule is CC(C)CC(=O)N(Cc1cccc(Cl)c1)C[C@@H]1CC(c2ccccc2F)=NO1. The van der Waals surface area contributed by atoms with Gasteiger partial charge >= 0.3 is 0 Å². The highest BCUT2D eigenvalue weighted by Gasteiger charge is 2.28. The summed E-state index contributed by atoms with van der Waals surface area (Å²) in [5, 5.41) is 4.70. The first kappa shape index (κ1) is 20.3. The van der Waals surface area contributed by atoms with Gasteiger partial charge in [-0.2, -0.15) is 0 Å². The number of carbonyl (C=O) groups is 1. The van der Waals surface area contributed by atoms with Gasteiger partial charge in [0.2, 0.25) is 5.91 Å². The zero-order valence-electron chi connectivity index (χ0n) is 16.1. The number of nitrogens with zero attached hydrogens (tertiary/aromatic N) is 2. The summed E-state index contributed by atoms with van der Waals surface area (Å²) in [7, 11) is 0. The predicted molar refractivity (Wildman–Crippen MR) is 109 cm³/mol. The van der Waals surface area contributed by atoms with Gasteiger partial charge in [0.25, 0.3) is 0 Å². The van der Waals surface area contributed by atoms with Crippen LogP contribution in [0, 0.1) is 11.7 Å². The topological polar surface area (TPSA) is 41.9 Å². The molecule has 0 N–H and O–H groups in total. The first-order chi connectivity index (χ1) is 13.4. The summed E-state index contributed by atoms with van der Waals surface area (Å²) in [5.41, 5.74) is 1.97. The van der Waals surface area contributed by atoms with Crippen molar-refractivity contribution in [1.29, 1.82) is 0 Å². The minimum Gasteiger partial charge on any atom is -0.390 e. The van der Waals surface area contributed by atoms with Crippen LogP contribution in [0.2, 0.25) is 5.02 Å². The van der Waals surface area contributed by atoms with Crippen LogP contribution in [0.25, 0.3) is 0 Å². The largest absolute Gasteiger partial charge is 0.390 e. The summed E-state index contributed by atoms with van der Waals surface area (Å²) in [4.78, 5) is 20.1. The van der Waals surface area contributed by atoms with Gasteiger partial charge in [0.1, 0.15) is 5.82 Å². The van der Waals surface area contributed by atoms with Crippen LogP contribution in [-0.4, -0.2) is 29.2 Å². The Labute approximate surface area is 169 Å². The van der Waals surface area contributed by atoms with Crippen molar-refractivity contribution in [2.45, 2.75) is 39.3 Å². The molecule has 0 spiro atoms. The van der Waals surface area contributed by atoms with E-state index in [-0.39, 0.29) is 23.7 Å². The highest BCUT2D eigenvalue weighted by atomic mass is 35.5. The van der Waals surface area contributed by atoms with Crippen LogP contribution in [0.5, 0.6) is 0 Å². The molecule has 2 aromatic carbocycles. The fraction of sp³-hybridized carbons (Fsp3) is 0.364. The molecular formula is C22H24ClFN2O2. The lowest BCUT2D eigenvalue weighted by Crippen LogP contribution is -2.37. The number of hydrogen-bond acceptors (Lipinski definition) is 3. The molecule has 0 unspecified atom stereocenters. The van der Waals surface area contributed by atoms with Crippen LogP contribution < -0.4 is 0 Å². The molecule has 0 bridgehead atoms. The van der Waals surface area contributed by atoms with Crippen molar-refractivity contribution < 1.29 is 14.0 Å². The van der Waals surface area contributed by atoms with Crippen molar-refractivity contribution in [1.82, 2.24) is 4.90 Å². The molecule has 1 amide bonds. The van der Waals surface area contributed by atoms with Gasteiger partial charge in [0, 0.05) is 30.0 Å². The maximum absolute atomic E-state index is 14.0. The Balaban J connectivity index is 1.69. The minimum absolute atomic E-state index is 0.0536. The average Bonchev–Trinajstić information content (AvgIpc) is 3.09. The zero-order chi connectivity index (χ0) is 20.1. The Hall–Kier alpha value is -2.40. The Bertz CT molecular complexity index is 869. The molecule has 0 saturated carbocycles. The van der Waals surface area contributed by atoms with Gasteiger partial charge in [0.05, 0.1) is 12.3 Å². The number of amides is 1. The van der Waals surface area contributed by atoms with E-state index in [1.807, 2.05) is 32.0 Å². The molecule has 6 heteroatoms. The molecule has 1 aliphatic rings. The number of oxime groups is 1. The Kier molecular flexibility index (Phi) is 6.68. The molecule has 1 aliphatic heterocycles. The molecule has 3 rings (SSSR count). The molecule has 0 saturated heterocycles. The van der Waals surface area contributed by atoms with Crippen molar-refractivity contribution in [3.63, 3.8) is 0 Å². The second kappa shape index (κ2) is 9.20. The lowest BCUT2D eigenvalue weighted by Gasteiger charge is -2.26. The number of rotatable bonds is 7. The molecule has 28 heavy (non-hydrogen) atoms. The zero-order valence-corrected chi connectivity index (χ0v) is 16.8. The van der Waals surface area contributed by atoms with E-state index in [2.05, 4.69) is 5.16 Å². The van der Waals surface area contributed by atoms with E-state index >= 15 is 0 Å². The van der Waals surface area contributed by atoms with Crippen LogP contribution in [-0.2, 0) is 16.2 Å². The molecule has 0 aromatic heterocycles. The van der Waals surface area contributed by atoms with Crippen LogP contribution in [0.4, 0.5) is 4.39 Å². The average molecular weight is 403 g/mol. The van der Waals surface area contributed by atoms with E-state index in [4.69, 9.17) is 16.4 Å². The number of halogens is 2.